The van der Waals surface area contributed by atoms with E-state index in [0.29, 0.717) is 11.4 Å². The van der Waals surface area contributed by atoms with Crippen LogP contribution in [0.4, 0.5) is 0 Å². The van der Waals surface area contributed by atoms with Crippen molar-refractivity contribution < 1.29 is 9.15 Å². The van der Waals surface area contributed by atoms with Crippen LogP contribution in [-0.4, -0.2) is 33.4 Å². The molecule has 0 spiro atoms. The predicted molar refractivity (Wildman–Crippen MR) is 116 cm³/mol. The lowest BCUT2D eigenvalue weighted by Gasteiger charge is -2.17. The zero-order valence-electron chi connectivity index (χ0n) is 17.0. The number of methoxy groups -OCH3 is 1. The van der Waals surface area contributed by atoms with E-state index in [0.717, 1.165) is 29.4 Å². The average molecular weight is 409 g/mol. The molecule has 0 fully saturated rings. The molecule has 4 aromatic rings. The molecule has 29 heavy (non-hydrogen) atoms. The summed E-state index contributed by atoms with van der Waals surface area (Å²) in [5.41, 5.74) is 2.20. The summed E-state index contributed by atoms with van der Waals surface area (Å²) in [6.45, 7) is 3.32. The number of rotatable bonds is 6. The van der Waals surface area contributed by atoms with Gasteiger partial charge in [-0.3, -0.25) is 4.90 Å². The van der Waals surface area contributed by atoms with E-state index in [-0.39, 0.29) is 0 Å². The first kappa shape index (κ1) is 19.4. The van der Waals surface area contributed by atoms with Gasteiger partial charge in [-0.15, -0.1) is 0 Å². The van der Waals surface area contributed by atoms with Gasteiger partial charge >= 0.3 is 0 Å². The highest BCUT2D eigenvalue weighted by Crippen LogP contribution is 2.24. The molecule has 150 valence electrons. The quantitative estimate of drug-likeness (QED) is 0.430. The van der Waals surface area contributed by atoms with Crippen LogP contribution in [-0.2, 0) is 20.3 Å². The van der Waals surface area contributed by atoms with Crippen molar-refractivity contribution in [1.29, 1.82) is 0 Å². The van der Waals surface area contributed by atoms with Crippen LogP contribution < -0.4 is 4.74 Å². The Morgan fingerprint density at radius 3 is 2.62 bits per heavy atom. The molecule has 6 nitrogen and oxygen atoms in total. The van der Waals surface area contributed by atoms with Gasteiger partial charge in [-0.2, -0.15) is 5.10 Å². The standard InChI is InChI=1S/C22H24N4O2S/c1-15-20(9-10-28-15)21-23-26(22(29)25(21)3)14-24(2)13-16-5-6-18-12-19(27-4)8-7-17(18)11-16/h5-12H,13-14H2,1-4H3. The summed E-state index contributed by atoms with van der Waals surface area (Å²) in [6, 6.07) is 14.5. The van der Waals surface area contributed by atoms with E-state index in [4.69, 9.17) is 26.5 Å². The van der Waals surface area contributed by atoms with E-state index in [9.17, 15) is 0 Å². The lowest BCUT2D eigenvalue weighted by Crippen LogP contribution is -2.22. The van der Waals surface area contributed by atoms with Gasteiger partial charge in [-0.25, -0.2) is 4.68 Å². The maximum atomic E-state index is 5.60. The van der Waals surface area contributed by atoms with Crippen molar-refractivity contribution in [1.82, 2.24) is 19.2 Å². The molecule has 0 aliphatic rings. The van der Waals surface area contributed by atoms with Crippen LogP contribution in [0.3, 0.4) is 0 Å². The monoisotopic (exact) mass is 408 g/mol. The van der Waals surface area contributed by atoms with Crippen molar-refractivity contribution in [3.63, 3.8) is 0 Å². The molecule has 0 saturated heterocycles. The van der Waals surface area contributed by atoms with Crippen molar-refractivity contribution >= 4 is 23.0 Å². The van der Waals surface area contributed by atoms with E-state index >= 15 is 0 Å². The van der Waals surface area contributed by atoms with E-state index in [1.807, 2.05) is 35.4 Å². The number of fused-ring (bicyclic) bond motifs is 1. The van der Waals surface area contributed by atoms with E-state index in [2.05, 4.69) is 42.3 Å². The van der Waals surface area contributed by atoms with Crippen LogP contribution >= 0.6 is 12.2 Å². The van der Waals surface area contributed by atoms with Gasteiger partial charge in [0.25, 0.3) is 0 Å². The third-order valence-corrected chi connectivity index (χ3v) is 5.56. The normalized spacial score (nSPS) is 11.5. The summed E-state index contributed by atoms with van der Waals surface area (Å²) in [7, 11) is 5.69. The third-order valence-electron chi connectivity index (χ3n) is 5.08. The number of aryl methyl sites for hydroxylation is 1. The highest BCUT2D eigenvalue weighted by molar-refractivity contribution is 7.71. The van der Waals surface area contributed by atoms with Crippen molar-refractivity contribution in [2.24, 2.45) is 7.05 Å². The molecule has 0 unspecified atom stereocenters. The second-order valence-corrected chi connectivity index (χ2v) is 7.62. The molecule has 0 atom stereocenters. The predicted octanol–water partition coefficient (Wildman–Crippen LogP) is 4.77. The Kier molecular flexibility index (Phi) is 5.25. The highest BCUT2D eigenvalue weighted by Gasteiger charge is 2.15. The summed E-state index contributed by atoms with van der Waals surface area (Å²) < 4.78 is 15.2. The Labute approximate surface area is 174 Å². The number of furan rings is 1. The molecule has 2 aromatic heterocycles. The van der Waals surface area contributed by atoms with Crippen LogP contribution in [0.2, 0.25) is 0 Å². The fourth-order valence-electron chi connectivity index (χ4n) is 3.52. The molecular weight excluding hydrogens is 384 g/mol. The van der Waals surface area contributed by atoms with Gasteiger partial charge in [0.05, 0.1) is 25.6 Å². The first-order valence-corrected chi connectivity index (χ1v) is 9.80. The highest BCUT2D eigenvalue weighted by atomic mass is 32.1. The van der Waals surface area contributed by atoms with Crippen molar-refractivity contribution in [3.05, 3.63) is 64.8 Å². The van der Waals surface area contributed by atoms with Crippen LogP contribution in [0.15, 0.2) is 53.1 Å². The van der Waals surface area contributed by atoms with Gasteiger partial charge in [-0.05, 0) is 66.8 Å². The Bertz CT molecular complexity index is 1220. The fourth-order valence-corrected chi connectivity index (χ4v) is 3.71. The average Bonchev–Trinajstić information content (AvgIpc) is 3.25. The molecule has 0 aliphatic carbocycles. The van der Waals surface area contributed by atoms with E-state index in [1.165, 1.54) is 16.3 Å². The molecule has 0 aliphatic heterocycles. The van der Waals surface area contributed by atoms with Crippen molar-refractivity contribution in [3.8, 4) is 17.1 Å². The number of benzene rings is 2. The number of hydrogen-bond donors (Lipinski definition) is 0. The summed E-state index contributed by atoms with van der Waals surface area (Å²) >= 11 is 5.60. The van der Waals surface area contributed by atoms with Gasteiger partial charge in [-0.1, -0.05) is 18.2 Å². The van der Waals surface area contributed by atoms with Crippen molar-refractivity contribution in [2.45, 2.75) is 20.1 Å². The number of ether oxygens (including phenoxy) is 1. The fraction of sp³-hybridized carbons (Fsp3) is 0.273. The molecular formula is C22H24N4O2S. The molecule has 7 heteroatoms. The molecule has 0 saturated carbocycles. The van der Waals surface area contributed by atoms with Crippen LogP contribution in [0.25, 0.3) is 22.2 Å². The van der Waals surface area contributed by atoms with Crippen LogP contribution in [0, 0.1) is 11.7 Å². The molecule has 2 heterocycles. The van der Waals surface area contributed by atoms with Gasteiger partial charge in [0.1, 0.15) is 11.5 Å². The Hall–Kier alpha value is -2.90. The summed E-state index contributed by atoms with van der Waals surface area (Å²) in [5, 5.41) is 7.09. The zero-order valence-corrected chi connectivity index (χ0v) is 17.9. The van der Waals surface area contributed by atoms with E-state index < -0.39 is 0 Å². The minimum atomic E-state index is 0.601. The SMILES string of the molecule is COc1ccc2cc(CN(C)Cn3nc(-c4ccoc4C)n(C)c3=S)ccc2c1. The number of aromatic nitrogens is 3. The molecule has 2 aromatic carbocycles. The lowest BCUT2D eigenvalue weighted by atomic mass is 10.1. The maximum absolute atomic E-state index is 5.60. The van der Waals surface area contributed by atoms with Crippen molar-refractivity contribution in [2.75, 3.05) is 14.2 Å². The van der Waals surface area contributed by atoms with Gasteiger partial charge in [0.2, 0.25) is 0 Å². The second kappa shape index (κ2) is 7.85. The second-order valence-electron chi connectivity index (χ2n) is 7.26. The third kappa shape index (κ3) is 3.83. The largest absolute Gasteiger partial charge is 0.497 e. The van der Waals surface area contributed by atoms with Gasteiger partial charge < -0.3 is 13.7 Å². The first-order chi connectivity index (χ1) is 14.0. The molecule has 0 bridgehead atoms. The minimum Gasteiger partial charge on any atom is -0.497 e. The maximum Gasteiger partial charge on any atom is 0.199 e. The summed E-state index contributed by atoms with van der Waals surface area (Å²) in [5.74, 6) is 2.52. The Balaban J connectivity index is 1.53. The topological polar surface area (TPSA) is 48.4 Å². The Morgan fingerprint density at radius 2 is 1.90 bits per heavy atom. The van der Waals surface area contributed by atoms with E-state index in [1.54, 1.807) is 13.4 Å². The smallest absolute Gasteiger partial charge is 0.199 e. The molecule has 4 rings (SSSR count). The molecule has 0 N–H and O–H groups in total. The Morgan fingerprint density at radius 1 is 1.14 bits per heavy atom. The van der Waals surface area contributed by atoms with Crippen LogP contribution in [0.1, 0.15) is 11.3 Å². The van der Waals surface area contributed by atoms with Crippen LogP contribution in [0.5, 0.6) is 5.75 Å². The zero-order chi connectivity index (χ0) is 20.5. The summed E-state index contributed by atoms with van der Waals surface area (Å²) in [6.07, 6.45) is 1.67. The number of hydrogen-bond acceptors (Lipinski definition) is 5. The van der Waals surface area contributed by atoms with Gasteiger partial charge in [0.15, 0.2) is 10.6 Å². The minimum absolute atomic E-state index is 0.601. The number of nitrogens with zero attached hydrogens (tertiary/aromatic N) is 4. The molecule has 0 amide bonds. The lowest BCUT2D eigenvalue weighted by molar-refractivity contribution is 0.244. The van der Waals surface area contributed by atoms with Gasteiger partial charge in [0, 0.05) is 13.6 Å². The molecule has 0 radical (unpaired) electrons. The summed E-state index contributed by atoms with van der Waals surface area (Å²) in [4.78, 5) is 2.19. The first-order valence-electron chi connectivity index (χ1n) is 9.40.